The zero-order valence-electron chi connectivity index (χ0n) is 28.6. The molecule has 44 heavy (non-hydrogen) atoms. The topological polar surface area (TPSA) is 71.4 Å². The number of rotatable bonds is 5. The van der Waals surface area contributed by atoms with Crippen molar-refractivity contribution in [2.75, 3.05) is 6.26 Å². The van der Waals surface area contributed by atoms with Gasteiger partial charge in [-0.05, 0) is 29.9 Å². The van der Waals surface area contributed by atoms with Crippen LogP contribution in [0.2, 0.25) is 0 Å². The Bertz CT molecular complexity index is 869. The zero-order chi connectivity index (χ0) is 33.0. The summed E-state index contributed by atoms with van der Waals surface area (Å²) in [6, 6.07) is 32.8. The quantitative estimate of drug-likeness (QED) is 0.125. The Morgan fingerprint density at radius 2 is 1.05 bits per heavy atom. The second-order valence-electron chi connectivity index (χ2n) is 7.39. The minimum Gasteiger partial charge on any atom is -1.00 e. The van der Waals surface area contributed by atoms with E-state index in [4.69, 9.17) is 0 Å². The number of aliphatic hydroxyl groups is 1. The van der Waals surface area contributed by atoms with Crippen molar-refractivity contribution in [3.05, 3.63) is 108 Å². The summed E-state index contributed by atoms with van der Waals surface area (Å²) >= 11 is 0. The molecule has 0 amide bonds. The Labute approximate surface area is 304 Å². The van der Waals surface area contributed by atoms with Gasteiger partial charge in [0, 0.05) is 17.1 Å². The fraction of sp³-hybridized carbons (Fsp3) is 0.472. The van der Waals surface area contributed by atoms with Gasteiger partial charge in [0.2, 0.25) is 9.05 Å². The molecule has 1 N–H and O–H groups in total. The van der Waals surface area contributed by atoms with E-state index in [1.165, 1.54) is 12.0 Å². The second-order valence-corrected chi connectivity index (χ2v) is 10.4. The van der Waals surface area contributed by atoms with Crippen LogP contribution in [0, 0.1) is 6.07 Å². The maximum atomic E-state index is 9.40. The van der Waals surface area contributed by atoms with Gasteiger partial charge in [0.05, 0.1) is 12.4 Å². The number of carbonyl (C=O) groups excluding carboxylic acids is 1. The van der Waals surface area contributed by atoms with E-state index in [-0.39, 0.29) is 53.6 Å². The molecule has 2 unspecified atom stereocenters. The monoisotopic (exact) mass is 728 g/mol. The van der Waals surface area contributed by atoms with Crippen LogP contribution in [0.25, 0.3) is 0 Å². The summed E-state index contributed by atoms with van der Waals surface area (Å²) < 4.78 is 18.8. The van der Waals surface area contributed by atoms with Crippen molar-refractivity contribution in [2.45, 2.75) is 108 Å². The Balaban J connectivity index is -0.0000000597. The molecule has 2 atom stereocenters. The van der Waals surface area contributed by atoms with Crippen LogP contribution in [0.4, 0.5) is 0 Å². The van der Waals surface area contributed by atoms with E-state index in [1.54, 1.807) is 0 Å². The summed E-state index contributed by atoms with van der Waals surface area (Å²) in [5, 5.41) is 9.33. The van der Waals surface area contributed by atoms with Gasteiger partial charge in [0.15, 0.2) is 0 Å². The summed E-state index contributed by atoms with van der Waals surface area (Å²) in [5.41, 5.74) is 2.45. The van der Waals surface area contributed by atoms with Crippen LogP contribution < -0.4 is 17.0 Å². The Kier molecular flexibility index (Phi) is 72.1. The van der Waals surface area contributed by atoms with Gasteiger partial charge in [-0.15, -0.1) is 0 Å². The van der Waals surface area contributed by atoms with Crippen molar-refractivity contribution in [1.29, 1.82) is 0 Å². The molecule has 0 fully saturated rings. The minimum absolute atomic E-state index is 0. The number of carbonyl (C=O) groups is 1. The molecule has 0 aliphatic carbocycles. The van der Waals surface area contributed by atoms with E-state index in [1.807, 2.05) is 116 Å². The molecule has 3 aromatic carbocycles. The number of hydrogen-bond acceptors (Lipinski definition) is 4. The van der Waals surface area contributed by atoms with Crippen molar-refractivity contribution < 1.29 is 35.3 Å². The van der Waals surface area contributed by atoms with Crippen LogP contribution in [0.1, 0.15) is 119 Å². The van der Waals surface area contributed by atoms with Crippen molar-refractivity contribution in [3.8, 4) is 0 Å². The van der Waals surface area contributed by atoms with Crippen molar-refractivity contribution in [3.63, 3.8) is 0 Å². The van der Waals surface area contributed by atoms with Gasteiger partial charge in [0.25, 0.3) is 0 Å². The van der Waals surface area contributed by atoms with Crippen molar-refractivity contribution >= 4 is 49.1 Å². The number of hydrogen-bond donors (Lipinski definition) is 1. The third kappa shape index (κ3) is 56.5. The Morgan fingerprint density at radius 3 is 1.25 bits per heavy atom. The fourth-order valence-corrected chi connectivity index (χ4v) is 2.27. The predicted molar refractivity (Wildman–Crippen MR) is 196 cm³/mol. The first kappa shape index (κ1) is 61.7. The first-order chi connectivity index (χ1) is 19.6. The van der Waals surface area contributed by atoms with Crippen LogP contribution in [0.15, 0.2) is 91.0 Å². The average molecular weight is 731 g/mol. The van der Waals surface area contributed by atoms with E-state index in [0.717, 1.165) is 24.5 Å². The van der Waals surface area contributed by atoms with Crippen LogP contribution in [-0.4, -0.2) is 49.1 Å². The SMILES string of the molecule is C.CC.CC.CC.CCC(C)c1ccccc1.CCC(O)c1ccccc1.CCC=O.CS(=O)(=O)Cl.[Br-].[Mg+2].[c-]1ccccc1. The van der Waals surface area contributed by atoms with Crippen molar-refractivity contribution in [2.24, 2.45) is 0 Å². The van der Waals surface area contributed by atoms with Gasteiger partial charge < -0.3 is 26.9 Å². The van der Waals surface area contributed by atoms with Gasteiger partial charge in [0.1, 0.15) is 6.29 Å². The molecule has 4 nitrogen and oxygen atoms in total. The van der Waals surface area contributed by atoms with Crippen LogP contribution in [0.3, 0.4) is 0 Å². The normalized spacial score (nSPS) is 9.30. The molecule has 0 spiro atoms. The van der Waals surface area contributed by atoms with E-state index >= 15 is 0 Å². The minimum atomic E-state index is -3.19. The molecule has 0 heterocycles. The molecule has 0 aliphatic heterocycles. The van der Waals surface area contributed by atoms with Gasteiger partial charge in [-0.3, -0.25) is 0 Å². The van der Waals surface area contributed by atoms with Gasteiger partial charge in [-0.2, -0.15) is 36.4 Å². The van der Waals surface area contributed by atoms with Crippen LogP contribution >= 0.6 is 10.7 Å². The van der Waals surface area contributed by atoms with E-state index in [9.17, 15) is 18.3 Å². The number of benzene rings is 3. The maximum Gasteiger partial charge on any atom is 2.00 e. The van der Waals surface area contributed by atoms with E-state index < -0.39 is 9.05 Å². The van der Waals surface area contributed by atoms with Crippen LogP contribution in [0.5, 0.6) is 0 Å². The Hall–Kier alpha value is -1.22. The molecule has 3 rings (SSSR count). The smallest absolute Gasteiger partial charge is 1.00 e. The van der Waals surface area contributed by atoms with E-state index in [0.29, 0.717) is 12.3 Å². The largest absolute Gasteiger partial charge is 2.00 e. The molecule has 3 aromatic rings. The fourth-order valence-electron chi connectivity index (χ4n) is 2.27. The number of aliphatic hydroxyl groups excluding tert-OH is 1. The molecular formula is C36H62BrClMgO4S. The molecule has 0 aliphatic rings. The summed E-state index contributed by atoms with van der Waals surface area (Å²) in [6.45, 7) is 20.3. The number of aldehydes is 1. The summed E-state index contributed by atoms with van der Waals surface area (Å²) in [5.74, 6) is 0.709. The van der Waals surface area contributed by atoms with Crippen LogP contribution in [-0.2, 0) is 13.8 Å². The summed E-state index contributed by atoms with van der Waals surface area (Å²) in [7, 11) is 1.31. The molecule has 0 radical (unpaired) electrons. The molecule has 0 saturated carbocycles. The van der Waals surface area contributed by atoms with Gasteiger partial charge in [-0.1, -0.05) is 137 Å². The molecule has 0 saturated heterocycles. The third-order valence-corrected chi connectivity index (χ3v) is 4.33. The first-order valence-electron chi connectivity index (χ1n) is 14.6. The molecule has 0 bridgehead atoms. The molecule has 0 aromatic heterocycles. The zero-order valence-corrected chi connectivity index (χ0v) is 33.1. The Morgan fingerprint density at radius 1 is 0.750 bits per heavy atom. The summed E-state index contributed by atoms with van der Waals surface area (Å²) in [6.07, 6.45) is 4.16. The maximum absolute atomic E-state index is 9.40. The summed E-state index contributed by atoms with van der Waals surface area (Å²) in [4.78, 5) is 9.17. The van der Waals surface area contributed by atoms with Gasteiger partial charge >= 0.3 is 23.1 Å². The first-order valence-corrected chi connectivity index (χ1v) is 17.3. The predicted octanol–water partition coefficient (Wildman–Crippen LogP) is 7.93. The third-order valence-electron chi connectivity index (χ3n) is 4.33. The molecule has 252 valence electrons. The second kappa shape index (κ2) is 51.4. The average Bonchev–Trinajstić information content (AvgIpc) is 3.04. The standard InChI is InChI=1S/C10H14.C9H12O.C6H5.C3H6O.3C2H6.CH3ClO2S.CH4.BrH.Mg/c1-3-9(2)10-7-5-4-6-8-10;1-2-9(10)8-6-4-3-5-7-8;1-2-4-6-5-3-1;1-2-3-4;3*1-2;1-5(2,3)4;;;/h4-9H,3H2,1-2H3;3-7,9-10H,2H2,1H3;1-5H;3H,2H2,1H3;3*1-2H3;1H3;1H4;1H;/q;;-1;;;;;;;;+2/p-1. The van der Waals surface area contributed by atoms with Crippen molar-refractivity contribution in [1.82, 2.24) is 0 Å². The molecular weight excluding hydrogens is 668 g/mol. The van der Waals surface area contributed by atoms with E-state index in [2.05, 4.69) is 60.9 Å². The van der Waals surface area contributed by atoms with Gasteiger partial charge in [-0.25, -0.2) is 8.42 Å². The number of halogens is 2. The molecule has 8 heteroatoms.